The molecule has 1 saturated heterocycles. The summed E-state index contributed by atoms with van der Waals surface area (Å²) in [7, 11) is 0. The highest BCUT2D eigenvalue weighted by molar-refractivity contribution is 5.78. The van der Waals surface area contributed by atoms with Crippen LogP contribution in [0, 0.1) is 6.92 Å². The Morgan fingerprint density at radius 1 is 1.14 bits per heavy atom. The number of carbonyl (C=O) groups excluding carboxylic acids is 1. The summed E-state index contributed by atoms with van der Waals surface area (Å²) in [6, 6.07) is 14.7. The topological polar surface area (TPSA) is 50.8 Å². The third kappa shape index (κ3) is 4.56. The second kappa shape index (κ2) is 8.87. The zero-order valence-electron chi connectivity index (χ0n) is 17.3. The molecule has 154 valence electrons. The summed E-state index contributed by atoms with van der Waals surface area (Å²) in [5.41, 5.74) is 3.57. The van der Waals surface area contributed by atoms with Crippen LogP contribution in [0.2, 0.25) is 0 Å². The Morgan fingerprint density at radius 3 is 2.76 bits per heavy atom. The van der Waals surface area contributed by atoms with E-state index < -0.39 is 0 Å². The number of fused-ring (bicyclic) bond motifs is 1. The Bertz CT molecular complexity index is 867. The van der Waals surface area contributed by atoms with Crippen molar-refractivity contribution in [1.29, 1.82) is 0 Å². The highest BCUT2D eigenvalue weighted by Gasteiger charge is 2.29. The summed E-state index contributed by atoms with van der Waals surface area (Å²) < 4.78 is 11.6. The lowest BCUT2D eigenvalue weighted by atomic mass is 10.0. The van der Waals surface area contributed by atoms with Gasteiger partial charge in [-0.1, -0.05) is 30.3 Å². The number of rotatable bonds is 5. The summed E-state index contributed by atoms with van der Waals surface area (Å²) in [4.78, 5) is 15.0. The third-order valence-corrected chi connectivity index (χ3v) is 5.90. The van der Waals surface area contributed by atoms with Gasteiger partial charge in [0.2, 0.25) is 5.91 Å². The highest BCUT2D eigenvalue weighted by atomic mass is 16.5. The van der Waals surface area contributed by atoms with Gasteiger partial charge in [-0.3, -0.25) is 9.69 Å². The normalized spacial score (nSPS) is 20.1. The number of nitrogens with one attached hydrogen (secondary N) is 1. The van der Waals surface area contributed by atoms with Crippen molar-refractivity contribution < 1.29 is 14.3 Å². The lowest BCUT2D eigenvalue weighted by Gasteiger charge is -2.26. The van der Waals surface area contributed by atoms with E-state index in [-0.39, 0.29) is 18.0 Å². The summed E-state index contributed by atoms with van der Waals surface area (Å²) in [5, 5.41) is 3.17. The Kier molecular flexibility index (Phi) is 6.05. The average Bonchev–Trinajstić information content (AvgIpc) is 3.03. The molecule has 0 spiro atoms. The smallest absolute Gasteiger partial charge is 0.234 e. The number of carbonyl (C=O) groups is 1. The van der Waals surface area contributed by atoms with E-state index in [9.17, 15) is 4.79 Å². The van der Waals surface area contributed by atoms with Crippen molar-refractivity contribution in [3.05, 3.63) is 59.2 Å². The molecule has 0 bridgehead atoms. The van der Waals surface area contributed by atoms with Crippen molar-refractivity contribution in [1.82, 2.24) is 10.2 Å². The lowest BCUT2D eigenvalue weighted by Crippen LogP contribution is -2.38. The van der Waals surface area contributed by atoms with Crippen LogP contribution >= 0.6 is 0 Å². The molecule has 0 saturated carbocycles. The highest BCUT2D eigenvalue weighted by Crippen LogP contribution is 2.37. The zero-order valence-corrected chi connectivity index (χ0v) is 17.3. The second-order valence-corrected chi connectivity index (χ2v) is 8.03. The molecular formula is C24H30N2O3. The molecule has 2 aromatic carbocycles. The van der Waals surface area contributed by atoms with Crippen LogP contribution in [0.4, 0.5) is 0 Å². The minimum atomic E-state index is 0.00259. The minimum Gasteiger partial charge on any atom is -0.490 e. The van der Waals surface area contributed by atoms with Crippen molar-refractivity contribution in [3.8, 4) is 11.5 Å². The molecule has 0 unspecified atom stereocenters. The van der Waals surface area contributed by atoms with Crippen LogP contribution in [0.5, 0.6) is 11.5 Å². The van der Waals surface area contributed by atoms with Crippen LogP contribution in [-0.2, 0) is 4.79 Å². The first-order chi connectivity index (χ1) is 14.1. The Hall–Kier alpha value is -2.53. The molecule has 0 aliphatic carbocycles. The van der Waals surface area contributed by atoms with Crippen LogP contribution in [0.15, 0.2) is 42.5 Å². The molecule has 5 nitrogen and oxygen atoms in total. The molecule has 0 aromatic heterocycles. The number of benzene rings is 2. The van der Waals surface area contributed by atoms with Gasteiger partial charge in [0.15, 0.2) is 11.5 Å². The van der Waals surface area contributed by atoms with Gasteiger partial charge in [-0.05, 0) is 62.1 Å². The molecular weight excluding hydrogens is 364 g/mol. The Morgan fingerprint density at radius 2 is 1.93 bits per heavy atom. The number of hydrogen-bond acceptors (Lipinski definition) is 4. The minimum absolute atomic E-state index is 0.00259. The summed E-state index contributed by atoms with van der Waals surface area (Å²) in [6.45, 7) is 6.86. The molecule has 1 fully saturated rings. The van der Waals surface area contributed by atoms with Crippen molar-refractivity contribution in [2.45, 2.75) is 45.2 Å². The molecule has 5 heteroatoms. The molecule has 1 amide bonds. The maximum atomic E-state index is 12.8. The maximum Gasteiger partial charge on any atom is 0.234 e. The SMILES string of the molecule is Cc1ccccc1[C@@H](C)NC(=O)CN1CCC[C@H]1c1ccc2c(c1)OCCCO2. The van der Waals surface area contributed by atoms with Gasteiger partial charge in [0.1, 0.15) is 0 Å². The van der Waals surface area contributed by atoms with E-state index in [1.807, 2.05) is 25.1 Å². The predicted octanol–water partition coefficient (Wildman–Crippen LogP) is 4.17. The van der Waals surface area contributed by atoms with Crippen molar-refractivity contribution in [2.24, 2.45) is 0 Å². The van der Waals surface area contributed by atoms with Gasteiger partial charge in [-0.25, -0.2) is 0 Å². The van der Waals surface area contributed by atoms with Crippen LogP contribution < -0.4 is 14.8 Å². The quantitative estimate of drug-likeness (QED) is 0.827. The van der Waals surface area contributed by atoms with Crippen LogP contribution in [-0.4, -0.2) is 37.1 Å². The van der Waals surface area contributed by atoms with Gasteiger partial charge < -0.3 is 14.8 Å². The number of nitrogens with zero attached hydrogens (tertiary/aromatic N) is 1. The molecule has 2 aliphatic heterocycles. The molecule has 29 heavy (non-hydrogen) atoms. The fourth-order valence-corrected chi connectivity index (χ4v) is 4.40. The van der Waals surface area contributed by atoms with Gasteiger partial charge in [0, 0.05) is 12.5 Å². The van der Waals surface area contributed by atoms with E-state index in [0.29, 0.717) is 19.8 Å². The van der Waals surface area contributed by atoms with E-state index in [4.69, 9.17) is 9.47 Å². The first kappa shape index (κ1) is 19.8. The fourth-order valence-electron chi connectivity index (χ4n) is 4.40. The van der Waals surface area contributed by atoms with Gasteiger partial charge >= 0.3 is 0 Å². The molecule has 2 aliphatic rings. The first-order valence-electron chi connectivity index (χ1n) is 10.6. The number of aryl methyl sites for hydroxylation is 1. The zero-order chi connectivity index (χ0) is 20.2. The van der Waals surface area contributed by atoms with E-state index in [2.05, 4.69) is 41.4 Å². The molecule has 2 heterocycles. The monoisotopic (exact) mass is 394 g/mol. The number of likely N-dealkylation sites (tertiary alicyclic amines) is 1. The molecule has 4 rings (SSSR count). The maximum absolute atomic E-state index is 12.8. The Labute approximate surface area is 173 Å². The van der Waals surface area contributed by atoms with E-state index >= 15 is 0 Å². The number of amides is 1. The predicted molar refractivity (Wildman–Crippen MR) is 113 cm³/mol. The summed E-state index contributed by atoms with van der Waals surface area (Å²) in [6.07, 6.45) is 3.05. The number of hydrogen-bond donors (Lipinski definition) is 1. The van der Waals surface area contributed by atoms with Gasteiger partial charge in [-0.2, -0.15) is 0 Å². The van der Waals surface area contributed by atoms with Crippen molar-refractivity contribution in [2.75, 3.05) is 26.3 Å². The first-order valence-corrected chi connectivity index (χ1v) is 10.6. The van der Waals surface area contributed by atoms with Gasteiger partial charge in [-0.15, -0.1) is 0 Å². The van der Waals surface area contributed by atoms with Crippen LogP contribution in [0.25, 0.3) is 0 Å². The van der Waals surface area contributed by atoms with Gasteiger partial charge in [0.05, 0.1) is 25.8 Å². The summed E-state index contributed by atoms with van der Waals surface area (Å²) >= 11 is 0. The largest absolute Gasteiger partial charge is 0.490 e. The third-order valence-electron chi connectivity index (χ3n) is 5.90. The van der Waals surface area contributed by atoms with Crippen LogP contribution in [0.3, 0.4) is 0 Å². The van der Waals surface area contributed by atoms with Crippen molar-refractivity contribution in [3.63, 3.8) is 0 Å². The lowest BCUT2D eigenvalue weighted by molar-refractivity contribution is -0.123. The second-order valence-electron chi connectivity index (χ2n) is 8.03. The fraction of sp³-hybridized carbons (Fsp3) is 0.458. The molecule has 0 radical (unpaired) electrons. The summed E-state index contributed by atoms with van der Waals surface area (Å²) in [5.74, 6) is 1.71. The standard InChI is InChI=1S/C24H30N2O3/c1-17-7-3-4-8-20(17)18(2)25-24(27)16-26-12-5-9-21(26)19-10-11-22-23(15-19)29-14-6-13-28-22/h3-4,7-8,10-11,15,18,21H,5-6,9,12-14,16H2,1-2H3,(H,25,27)/t18-,21+/m1/s1. The van der Waals surface area contributed by atoms with E-state index in [1.165, 1.54) is 16.7 Å². The molecule has 2 atom stereocenters. The van der Waals surface area contributed by atoms with Gasteiger partial charge in [0.25, 0.3) is 0 Å². The Balaban J connectivity index is 1.41. The van der Waals surface area contributed by atoms with Crippen molar-refractivity contribution >= 4 is 5.91 Å². The van der Waals surface area contributed by atoms with E-state index in [1.54, 1.807) is 0 Å². The van der Waals surface area contributed by atoms with E-state index in [0.717, 1.165) is 37.3 Å². The molecule has 1 N–H and O–H groups in total. The number of ether oxygens (including phenoxy) is 2. The van der Waals surface area contributed by atoms with Crippen LogP contribution in [0.1, 0.15) is 55.0 Å². The average molecular weight is 395 g/mol. The molecule has 2 aromatic rings.